The average Bonchev–Trinajstić information content (AvgIpc) is 2.81. The molecule has 2 aromatic carbocycles. The van der Waals surface area contributed by atoms with Crippen LogP contribution in [0.25, 0.3) is 10.8 Å². The van der Waals surface area contributed by atoms with E-state index >= 15 is 0 Å². The molecular weight excluding hydrogens is 432 g/mol. The summed E-state index contributed by atoms with van der Waals surface area (Å²) in [6, 6.07) is 15.5. The molecule has 3 N–H and O–H groups in total. The molecule has 4 rings (SSSR count). The highest BCUT2D eigenvalue weighted by molar-refractivity contribution is 7.91. The summed E-state index contributed by atoms with van der Waals surface area (Å²) in [5.41, 5.74) is -0.0562. The van der Waals surface area contributed by atoms with Crippen molar-refractivity contribution < 1.29 is 18.6 Å². The summed E-state index contributed by atoms with van der Waals surface area (Å²) in [6.45, 7) is -0.0753. The molecule has 0 aliphatic carbocycles. The molecule has 0 atom stereocenters. The van der Waals surface area contributed by atoms with Crippen molar-refractivity contribution in [1.29, 1.82) is 0 Å². The number of rotatable bonds is 7. The minimum atomic E-state index is -3.80. The molecule has 0 amide bonds. The van der Waals surface area contributed by atoms with Crippen LogP contribution < -0.4 is 10.9 Å². The molecule has 9 nitrogen and oxygen atoms in total. The van der Waals surface area contributed by atoms with Crippen molar-refractivity contribution in [3.63, 3.8) is 0 Å². The van der Waals surface area contributed by atoms with Crippen molar-refractivity contribution in [2.45, 2.75) is 16.3 Å². The van der Waals surface area contributed by atoms with Gasteiger partial charge in [0.15, 0.2) is 5.82 Å². The molecule has 0 radical (unpaired) electrons. The number of aromatic nitrogens is 3. The molecule has 0 saturated carbocycles. The van der Waals surface area contributed by atoms with Gasteiger partial charge < -0.3 is 15.5 Å². The number of sulfone groups is 1. The van der Waals surface area contributed by atoms with Crippen LogP contribution in [0.1, 0.15) is 5.56 Å². The highest BCUT2D eigenvalue weighted by atomic mass is 32.2. The van der Waals surface area contributed by atoms with Crippen LogP contribution in [0.15, 0.2) is 81.4 Å². The van der Waals surface area contributed by atoms with E-state index in [2.05, 4.69) is 15.4 Å². The molecule has 0 aliphatic heterocycles. The summed E-state index contributed by atoms with van der Waals surface area (Å²) < 4.78 is 27.2. The normalized spacial score (nSPS) is 11.5. The molecule has 0 aliphatic rings. The van der Waals surface area contributed by atoms with E-state index in [0.717, 1.165) is 4.68 Å². The first-order valence-corrected chi connectivity index (χ1v) is 11.2. The molecule has 10 heteroatoms. The van der Waals surface area contributed by atoms with Crippen LogP contribution in [0.4, 0.5) is 5.82 Å². The highest BCUT2D eigenvalue weighted by Crippen LogP contribution is 2.27. The zero-order chi connectivity index (χ0) is 22.7. The number of hydrogen-bond acceptors (Lipinski definition) is 8. The predicted molar refractivity (Wildman–Crippen MR) is 118 cm³/mol. The molecule has 2 aromatic heterocycles. The predicted octanol–water partition coefficient (Wildman–Crippen LogP) is 1.78. The van der Waals surface area contributed by atoms with Gasteiger partial charge in [0.2, 0.25) is 15.7 Å². The molecule has 164 valence electrons. The minimum Gasteiger partial charge on any atom is -0.493 e. The van der Waals surface area contributed by atoms with Crippen LogP contribution in [0.3, 0.4) is 0 Å². The maximum absolute atomic E-state index is 13.1. The van der Waals surface area contributed by atoms with Crippen molar-refractivity contribution in [3.05, 3.63) is 82.8 Å². The van der Waals surface area contributed by atoms with Gasteiger partial charge in [-0.05, 0) is 36.4 Å². The standard InChI is InChI=1S/C22H20N4O5S/c27-12-11-23-20-19-13-17(32(30,31)16-6-2-1-3-7-16)8-9-18(19)22(29)26(25-20)14-15-5-4-10-24-21(15)28/h1-10,13,27H,11-12,14H2,(H,23,25)(H,24,28). The molecular formula is C22H20N4O5S. The molecule has 0 fully saturated rings. The second-order valence-electron chi connectivity index (χ2n) is 6.97. The number of fused-ring (bicyclic) bond motifs is 1. The Bertz CT molecular complexity index is 1440. The van der Waals surface area contributed by atoms with E-state index in [9.17, 15) is 23.4 Å². The lowest BCUT2D eigenvalue weighted by Gasteiger charge is -2.14. The molecule has 2 heterocycles. The van der Waals surface area contributed by atoms with Gasteiger partial charge in [0.1, 0.15) is 0 Å². The van der Waals surface area contributed by atoms with Crippen LogP contribution in [0.5, 0.6) is 5.88 Å². The minimum absolute atomic E-state index is 0.0205. The van der Waals surface area contributed by atoms with Gasteiger partial charge >= 0.3 is 0 Å². The van der Waals surface area contributed by atoms with Crippen molar-refractivity contribution in [2.24, 2.45) is 0 Å². The maximum Gasteiger partial charge on any atom is 0.275 e. The van der Waals surface area contributed by atoms with Crippen LogP contribution in [-0.2, 0) is 16.4 Å². The summed E-state index contributed by atoms with van der Waals surface area (Å²) in [4.78, 5) is 17.0. The Hall–Kier alpha value is -3.76. The van der Waals surface area contributed by atoms with Gasteiger partial charge in [0, 0.05) is 23.7 Å². The second kappa shape index (κ2) is 8.77. The van der Waals surface area contributed by atoms with Crippen molar-refractivity contribution in [3.8, 4) is 5.88 Å². The zero-order valence-electron chi connectivity index (χ0n) is 16.8. The van der Waals surface area contributed by atoms with Crippen LogP contribution in [0.2, 0.25) is 0 Å². The van der Waals surface area contributed by atoms with Gasteiger partial charge in [-0.2, -0.15) is 5.10 Å². The number of aromatic hydroxyl groups is 1. The molecule has 0 saturated heterocycles. The van der Waals surface area contributed by atoms with Crippen LogP contribution in [0, 0.1) is 0 Å². The Labute approximate surface area is 183 Å². The lowest BCUT2D eigenvalue weighted by Crippen LogP contribution is -2.26. The third-order valence-electron chi connectivity index (χ3n) is 4.89. The summed E-state index contributed by atoms with van der Waals surface area (Å²) >= 11 is 0. The number of benzene rings is 2. The number of anilines is 1. The Balaban J connectivity index is 1.87. The zero-order valence-corrected chi connectivity index (χ0v) is 17.7. The fourth-order valence-corrected chi connectivity index (χ4v) is 4.60. The number of pyridine rings is 1. The summed E-state index contributed by atoms with van der Waals surface area (Å²) in [6.07, 6.45) is 1.43. The Kier molecular flexibility index (Phi) is 5.89. The van der Waals surface area contributed by atoms with Crippen LogP contribution >= 0.6 is 0 Å². The summed E-state index contributed by atoms with van der Waals surface area (Å²) in [5, 5.41) is 27.0. The summed E-state index contributed by atoms with van der Waals surface area (Å²) in [7, 11) is -3.80. The van der Waals surface area contributed by atoms with E-state index in [0.29, 0.717) is 10.9 Å². The second-order valence-corrected chi connectivity index (χ2v) is 8.92. The van der Waals surface area contributed by atoms with Crippen molar-refractivity contribution >= 4 is 26.4 Å². The third kappa shape index (κ3) is 4.05. The van der Waals surface area contributed by atoms with Crippen molar-refractivity contribution in [1.82, 2.24) is 14.8 Å². The molecule has 4 aromatic rings. The van der Waals surface area contributed by atoms with Gasteiger partial charge in [-0.3, -0.25) is 4.79 Å². The maximum atomic E-state index is 13.1. The van der Waals surface area contributed by atoms with Gasteiger partial charge in [0.05, 0.1) is 28.3 Å². The lowest BCUT2D eigenvalue weighted by molar-refractivity contribution is 0.311. The van der Waals surface area contributed by atoms with E-state index in [1.807, 2.05) is 0 Å². The Morgan fingerprint density at radius 2 is 1.75 bits per heavy atom. The highest BCUT2D eigenvalue weighted by Gasteiger charge is 2.20. The number of aliphatic hydroxyl groups excluding tert-OH is 1. The van der Waals surface area contributed by atoms with Gasteiger partial charge in [-0.1, -0.05) is 24.3 Å². The lowest BCUT2D eigenvalue weighted by atomic mass is 10.2. The number of nitrogens with one attached hydrogen (secondary N) is 1. The topological polar surface area (TPSA) is 134 Å². The van der Waals surface area contributed by atoms with Gasteiger partial charge in [-0.25, -0.2) is 18.1 Å². The van der Waals surface area contributed by atoms with Gasteiger partial charge in [0.25, 0.3) is 5.56 Å². The number of hydrogen-bond donors (Lipinski definition) is 3. The Morgan fingerprint density at radius 3 is 2.47 bits per heavy atom. The quantitative estimate of drug-likeness (QED) is 0.386. The molecule has 0 unspecified atom stereocenters. The van der Waals surface area contributed by atoms with E-state index in [1.165, 1.54) is 36.5 Å². The van der Waals surface area contributed by atoms with Gasteiger partial charge in [-0.15, -0.1) is 0 Å². The average molecular weight is 452 g/mol. The Morgan fingerprint density at radius 1 is 0.969 bits per heavy atom. The smallest absolute Gasteiger partial charge is 0.275 e. The van der Waals surface area contributed by atoms with Crippen LogP contribution in [-0.4, -0.2) is 46.5 Å². The molecule has 32 heavy (non-hydrogen) atoms. The van der Waals surface area contributed by atoms with E-state index < -0.39 is 15.4 Å². The van der Waals surface area contributed by atoms with Crippen molar-refractivity contribution in [2.75, 3.05) is 18.5 Å². The third-order valence-corrected chi connectivity index (χ3v) is 6.65. The number of aliphatic hydroxyl groups is 1. The van der Waals surface area contributed by atoms with E-state index in [-0.39, 0.29) is 46.6 Å². The van der Waals surface area contributed by atoms with E-state index in [4.69, 9.17) is 0 Å². The number of nitrogens with zero attached hydrogens (tertiary/aromatic N) is 3. The summed E-state index contributed by atoms with van der Waals surface area (Å²) in [5.74, 6) is 0.0256. The monoisotopic (exact) mass is 452 g/mol. The SMILES string of the molecule is O=c1c2ccc(S(=O)(=O)c3ccccc3)cc2c(NCCO)nn1Cc1cccnc1O. The first-order chi connectivity index (χ1) is 15.4. The first-order valence-electron chi connectivity index (χ1n) is 9.74. The fourth-order valence-electron chi connectivity index (χ4n) is 3.29. The fraction of sp³-hybridized carbons (Fsp3) is 0.136. The molecule has 0 spiro atoms. The largest absolute Gasteiger partial charge is 0.493 e. The first kappa shape index (κ1) is 21.5. The van der Waals surface area contributed by atoms with E-state index in [1.54, 1.807) is 30.3 Å². The molecule has 0 bridgehead atoms.